The number of piperidine rings is 1. The SMILES string of the molecule is NCc1cc(F)ccc1N1CCC2(CCCCC2)CC1. The van der Waals surface area contributed by atoms with Crippen LogP contribution in [0.3, 0.4) is 0 Å². The van der Waals surface area contributed by atoms with Crippen LogP contribution in [0.2, 0.25) is 0 Å². The Morgan fingerprint density at radius 1 is 1.05 bits per heavy atom. The van der Waals surface area contributed by atoms with Crippen molar-refractivity contribution in [2.45, 2.75) is 51.5 Å². The highest BCUT2D eigenvalue weighted by molar-refractivity contribution is 5.54. The molecule has 1 aromatic carbocycles. The lowest BCUT2D eigenvalue weighted by Gasteiger charge is -2.45. The van der Waals surface area contributed by atoms with Crippen molar-refractivity contribution >= 4 is 5.69 Å². The summed E-state index contributed by atoms with van der Waals surface area (Å²) in [6.07, 6.45) is 9.63. The Balaban J connectivity index is 1.71. The van der Waals surface area contributed by atoms with Crippen LogP contribution in [0, 0.1) is 11.2 Å². The van der Waals surface area contributed by atoms with Crippen LogP contribution in [-0.2, 0) is 6.54 Å². The molecule has 2 N–H and O–H groups in total. The van der Waals surface area contributed by atoms with Gasteiger partial charge in [0.05, 0.1) is 0 Å². The molecule has 1 saturated heterocycles. The molecule has 1 saturated carbocycles. The third-order valence-corrected chi connectivity index (χ3v) is 5.34. The van der Waals surface area contributed by atoms with Gasteiger partial charge in [0.25, 0.3) is 0 Å². The van der Waals surface area contributed by atoms with Crippen molar-refractivity contribution < 1.29 is 4.39 Å². The first-order chi connectivity index (χ1) is 9.72. The fraction of sp³-hybridized carbons (Fsp3) is 0.647. The standard InChI is InChI=1S/C17H25FN2/c18-15-4-5-16(14(12-15)13-19)20-10-8-17(9-11-20)6-2-1-3-7-17/h4-5,12H,1-3,6-11,13,19H2. The Kier molecular flexibility index (Phi) is 3.97. The fourth-order valence-corrected chi connectivity index (χ4v) is 4.05. The van der Waals surface area contributed by atoms with Crippen LogP contribution in [0.4, 0.5) is 10.1 Å². The van der Waals surface area contributed by atoms with Crippen LogP contribution < -0.4 is 10.6 Å². The zero-order valence-corrected chi connectivity index (χ0v) is 12.2. The molecule has 1 aliphatic heterocycles. The van der Waals surface area contributed by atoms with Crippen molar-refractivity contribution in [1.29, 1.82) is 0 Å². The van der Waals surface area contributed by atoms with Crippen LogP contribution in [0.1, 0.15) is 50.5 Å². The molecular weight excluding hydrogens is 251 g/mol. The Hall–Kier alpha value is -1.09. The van der Waals surface area contributed by atoms with Gasteiger partial charge < -0.3 is 10.6 Å². The molecule has 110 valence electrons. The number of rotatable bonds is 2. The maximum absolute atomic E-state index is 13.3. The zero-order valence-electron chi connectivity index (χ0n) is 12.2. The molecule has 2 nitrogen and oxygen atoms in total. The van der Waals surface area contributed by atoms with Gasteiger partial charge in [-0.25, -0.2) is 4.39 Å². The van der Waals surface area contributed by atoms with Crippen molar-refractivity contribution in [1.82, 2.24) is 0 Å². The second-order valence-corrected chi connectivity index (χ2v) is 6.52. The van der Waals surface area contributed by atoms with Crippen LogP contribution >= 0.6 is 0 Å². The van der Waals surface area contributed by atoms with E-state index in [2.05, 4.69) is 4.90 Å². The molecule has 0 radical (unpaired) electrons. The van der Waals surface area contributed by atoms with Gasteiger partial charge >= 0.3 is 0 Å². The summed E-state index contributed by atoms with van der Waals surface area (Å²) in [4.78, 5) is 2.40. The minimum absolute atomic E-state index is 0.185. The number of nitrogens with two attached hydrogens (primary N) is 1. The lowest BCUT2D eigenvalue weighted by Crippen LogP contribution is -2.41. The van der Waals surface area contributed by atoms with E-state index in [4.69, 9.17) is 5.73 Å². The largest absolute Gasteiger partial charge is 0.371 e. The van der Waals surface area contributed by atoms with Crippen molar-refractivity contribution in [3.8, 4) is 0 Å². The highest BCUT2D eigenvalue weighted by Gasteiger charge is 2.35. The number of benzene rings is 1. The zero-order chi connectivity index (χ0) is 14.0. The van der Waals surface area contributed by atoms with Crippen molar-refractivity contribution in [2.75, 3.05) is 18.0 Å². The van der Waals surface area contributed by atoms with Gasteiger partial charge in [-0.3, -0.25) is 0 Å². The van der Waals surface area contributed by atoms with E-state index in [9.17, 15) is 4.39 Å². The van der Waals surface area contributed by atoms with Crippen molar-refractivity contribution in [3.63, 3.8) is 0 Å². The molecule has 2 fully saturated rings. The van der Waals surface area contributed by atoms with E-state index >= 15 is 0 Å². The molecule has 0 aromatic heterocycles. The van der Waals surface area contributed by atoms with E-state index in [1.165, 1.54) is 44.9 Å². The summed E-state index contributed by atoms with van der Waals surface area (Å²) in [5.41, 5.74) is 8.45. The predicted molar refractivity (Wildman–Crippen MR) is 81.3 cm³/mol. The van der Waals surface area contributed by atoms with Crippen LogP contribution in [0.15, 0.2) is 18.2 Å². The third kappa shape index (κ3) is 2.69. The summed E-state index contributed by atoms with van der Waals surface area (Å²) in [6.45, 7) is 2.60. The summed E-state index contributed by atoms with van der Waals surface area (Å²) in [6, 6.07) is 5.04. The molecule has 0 amide bonds. The Morgan fingerprint density at radius 2 is 1.75 bits per heavy atom. The van der Waals surface area contributed by atoms with Crippen LogP contribution in [0.25, 0.3) is 0 Å². The van der Waals surface area contributed by atoms with Gasteiger partial charge in [0.1, 0.15) is 5.82 Å². The molecule has 0 atom stereocenters. The first kappa shape index (κ1) is 13.9. The first-order valence-electron chi connectivity index (χ1n) is 7.96. The van der Waals surface area contributed by atoms with Gasteiger partial charge in [0, 0.05) is 25.3 Å². The Labute approximate surface area is 121 Å². The Bertz CT molecular complexity index is 456. The van der Waals surface area contributed by atoms with Crippen LogP contribution in [0.5, 0.6) is 0 Å². The second kappa shape index (κ2) is 5.72. The first-order valence-corrected chi connectivity index (χ1v) is 7.96. The molecule has 2 aliphatic rings. The summed E-state index contributed by atoms with van der Waals surface area (Å²) in [5.74, 6) is -0.185. The highest BCUT2D eigenvalue weighted by atomic mass is 19.1. The summed E-state index contributed by atoms with van der Waals surface area (Å²) in [5, 5.41) is 0. The van der Waals surface area contributed by atoms with Crippen LogP contribution in [-0.4, -0.2) is 13.1 Å². The average Bonchev–Trinajstić information content (AvgIpc) is 2.49. The van der Waals surface area contributed by atoms with E-state index in [1.54, 1.807) is 12.1 Å². The molecule has 3 heteroatoms. The van der Waals surface area contributed by atoms with Gasteiger partial charge in [0.15, 0.2) is 0 Å². The monoisotopic (exact) mass is 276 g/mol. The molecule has 20 heavy (non-hydrogen) atoms. The maximum atomic E-state index is 13.3. The second-order valence-electron chi connectivity index (χ2n) is 6.52. The molecule has 0 bridgehead atoms. The fourth-order valence-electron chi connectivity index (χ4n) is 4.05. The predicted octanol–water partition coefficient (Wildman–Crippen LogP) is 3.84. The lowest BCUT2D eigenvalue weighted by molar-refractivity contribution is 0.144. The smallest absolute Gasteiger partial charge is 0.123 e. The number of nitrogens with zero attached hydrogens (tertiary/aromatic N) is 1. The van der Waals surface area contributed by atoms with Gasteiger partial charge in [0.2, 0.25) is 0 Å². The summed E-state index contributed by atoms with van der Waals surface area (Å²) >= 11 is 0. The number of halogens is 1. The number of hydrogen-bond donors (Lipinski definition) is 1. The molecule has 1 aliphatic carbocycles. The van der Waals surface area contributed by atoms with E-state index in [1.807, 2.05) is 6.07 Å². The summed E-state index contributed by atoms with van der Waals surface area (Å²) < 4.78 is 13.3. The molecule has 1 spiro atoms. The quantitative estimate of drug-likeness (QED) is 0.889. The topological polar surface area (TPSA) is 29.3 Å². The molecule has 1 aromatic rings. The van der Waals surface area contributed by atoms with Crippen molar-refractivity contribution in [2.24, 2.45) is 11.1 Å². The van der Waals surface area contributed by atoms with Gasteiger partial charge in [-0.2, -0.15) is 0 Å². The van der Waals surface area contributed by atoms with E-state index in [0.717, 1.165) is 24.3 Å². The minimum atomic E-state index is -0.185. The lowest BCUT2D eigenvalue weighted by atomic mass is 9.68. The average molecular weight is 276 g/mol. The van der Waals surface area contributed by atoms with E-state index in [-0.39, 0.29) is 5.82 Å². The van der Waals surface area contributed by atoms with E-state index in [0.29, 0.717) is 12.0 Å². The highest BCUT2D eigenvalue weighted by Crippen LogP contribution is 2.45. The maximum Gasteiger partial charge on any atom is 0.123 e. The molecule has 0 unspecified atom stereocenters. The summed E-state index contributed by atoms with van der Waals surface area (Å²) in [7, 11) is 0. The van der Waals surface area contributed by atoms with Gasteiger partial charge in [-0.05, 0) is 54.9 Å². The minimum Gasteiger partial charge on any atom is -0.371 e. The van der Waals surface area contributed by atoms with E-state index < -0.39 is 0 Å². The van der Waals surface area contributed by atoms with Gasteiger partial charge in [-0.15, -0.1) is 0 Å². The molecule has 1 heterocycles. The Morgan fingerprint density at radius 3 is 2.40 bits per heavy atom. The van der Waals surface area contributed by atoms with Crippen molar-refractivity contribution in [3.05, 3.63) is 29.6 Å². The number of anilines is 1. The third-order valence-electron chi connectivity index (χ3n) is 5.34. The number of hydrogen-bond acceptors (Lipinski definition) is 2. The van der Waals surface area contributed by atoms with Gasteiger partial charge in [-0.1, -0.05) is 19.3 Å². The molecular formula is C17H25FN2. The molecule has 3 rings (SSSR count). The normalized spacial score (nSPS) is 22.2.